The molecule has 0 bridgehead atoms. The first kappa shape index (κ1) is 15.9. The van der Waals surface area contributed by atoms with Crippen molar-refractivity contribution in [3.63, 3.8) is 0 Å². The lowest BCUT2D eigenvalue weighted by molar-refractivity contribution is -0.683. The third kappa shape index (κ3) is 3.51. The lowest BCUT2D eigenvalue weighted by Gasteiger charge is -2.07. The van der Waals surface area contributed by atoms with Gasteiger partial charge in [-0.25, -0.2) is 9.55 Å². The van der Waals surface area contributed by atoms with E-state index in [9.17, 15) is 4.79 Å². The molecule has 0 spiro atoms. The molecule has 0 aliphatic rings. The van der Waals surface area contributed by atoms with Gasteiger partial charge in [0.05, 0.1) is 12.8 Å². The highest BCUT2D eigenvalue weighted by Gasteiger charge is 2.17. The molecule has 3 aromatic rings. The number of imidazole rings is 1. The summed E-state index contributed by atoms with van der Waals surface area (Å²) in [5.74, 6) is 0.270. The van der Waals surface area contributed by atoms with E-state index in [0.29, 0.717) is 10.8 Å². The number of carbonyl (C=O) groups excluding carboxylic acids is 1. The molecule has 23 heavy (non-hydrogen) atoms. The third-order valence-corrected chi connectivity index (χ3v) is 4.92. The number of benzene rings is 2. The second-order valence-corrected chi connectivity index (χ2v) is 6.70. The number of fused-ring (bicyclic) bond motifs is 1. The molecule has 1 amide bonds. The normalized spacial score (nSPS) is 10.9. The third-order valence-electron chi connectivity index (χ3n) is 3.63. The maximum Gasteiger partial charge on any atom is 0.317 e. The van der Waals surface area contributed by atoms with E-state index in [2.05, 4.69) is 14.9 Å². The number of aromatic nitrogens is 2. The Morgan fingerprint density at radius 1 is 1.30 bits per heavy atom. The van der Waals surface area contributed by atoms with Crippen molar-refractivity contribution >= 4 is 46.0 Å². The van der Waals surface area contributed by atoms with Gasteiger partial charge in [0.15, 0.2) is 11.0 Å². The van der Waals surface area contributed by atoms with E-state index < -0.39 is 0 Å². The van der Waals surface area contributed by atoms with Gasteiger partial charge in [0.1, 0.15) is 0 Å². The Balaban J connectivity index is 1.68. The van der Waals surface area contributed by atoms with E-state index in [1.807, 2.05) is 50.4 Å². The largest absolute Gasteiger partial charge is 0.325 e. The van der Waals surface area contributed by atoms with Gasteiger partial charge in [-0.1, -0.05) is 29.8 Å². The number of hydrogen-bond acceptors (Lipinski definition) is 2. The molecule has 0 atom stereocenters. The zero-order valence-electron chi connectivity index (χ0n) is 12.9. The SMILES string of the molecule is Cc1ccc(Cl)cc1NC(=O)CSc1[nH]c2ccccc2[n+]1C. The second-order valence-electron chi connectivity index (χ2n) is 5.30. The number of H-pyrrole nitrogens is 1. The van der Waals surface area contributed by atoms with Gasteiger partial charge in [-0.2, -0.15) is 0 Å². The van der Waals surface area contributed by atoms with Crippen molar-refractivity contribution in [2.45, 2.75) is 12.1 Å². The summed E-state index contributed by atoms with van der Waals surface area (Å²) in [6, 6.07) is 13.5. The first-order chi connectivity index (χ1) is 11.0. The number of hydrogen-bond donors (Lipinski definition) is 2. The van der Waals surface area contributed by atoms with Gasteiger partial charge in [-0.15, -0.1) is 0 Å². The second kappa shape index (κ2) is 6.64. The summed E-state index contributed by atoms with van der Waals surface area (Å²) in [7, 11) is 1.99. The number of amides is 1. The van der Waals surface area contributed by atoms with Gasteiger partial charge < -0.3 is 5.32 Å². The quantitative estimate of drug-likeness (QED) is 0.559. The molecular weight excluding hydrogens is 330 g/mol. The lowest BCUT2D eigenvalue weighted by Crippen LogP contribution is -2.29. The maximum absolute atomic E-state index is 12.2. The van der Waals surface area contributed by atoms with Crippen LogP contribution in [0.2, 0.25) is 5.02 Å². The van der Waals surface area contributed by atoms with Crippen LogP contribution in [0.4, 0.5) is 5.69 Å². The summed E-state index contributed by atoms with van der Waals surface area (Å²) in [4.78, 5) is 15.5. The molecule has 0 aliphatic heterocycles. The van der Waals surface area contributed by atoms with E-state index >= 15 is 0 Å². The molecule has 3 rings (SSSR count). The van der Waals surface area contributed by atoms with Gasteiger partial charge in [0.2, 0.25) is 5.91 Å². The average Bonchev–Trinajstić information content (AvgIpc) is 2.86. The van der Waals surface area contributed by atoms with Crippen LogP contribution in [0.5, 0.6) is 0 Å². The van der Waals surface area contributed by atoms with E-state index in [1.165, 1.54) is 11.8 Å². The standard InChI is InChI=1S/C17H16ClN3OS/c1-11-7-8-12(18)9-14(11)19-16(22)10-23-17-20-13-5-3-4-6-15(13)21(17)2/h3-9H,10H2,1-2H3,(H,19,22)/p+1. The van der Waals surface area contributed by atoms with Crippen molar-refractivity contribution in [2.75, 3.05) is 11.1 Å². The summed E-state index contributed by atoms with van der Waals surface area (Å²) >= 11 is 7.45. The highest BCUT2D eigenvalue weighted by Crippen LogP contribution is 2.21. The maximum atomic E-state index is 12.2. The number of halogens is 1. The monoisotopic (exact) mass is 346 g/mol. The van der Waals surface area contributed by atoms with Gasteiger partial charge >= 0.3 is 5.16 Å². The molecule has 0 saturated carbocycles. The van der Waals surface area contributed by atoms with Crippen molar-refractivity contribution < 1.29 is 9.36 Å². The molecule has 0 saturated heterocycles. The number of nitrogens with zero attached hydrogens (tertiary/aromatic N) is 1. The summed E-state index contributed by atoms with van der Waals surface area (Å²) in [5.41, 5.74) is 3.91. The highest BCUT2D eigenvalue weighted by atomic mass is 35.5. The topological polar surface area (TPSA) is 48.8 Å². The number of aromatic amines is 1. The van der Waals surface area contributed by atoms with E-state index in [-0.39, 0.29) is 5.91 Å². The van der Waals surface area contributed by atoms with Gasteiger partial charge in [0, 0.05) is 10.7 Å². The number of aryl methyl sites for hydroxylation is 2. The molecular formula is C17H17ClN3OS+. The molecule has 1 heterocycles. The van der Waals surface area contributed by atoms with Crippen LogP contribution in [0.15, 0.2) is 47.6 Å². The number of carbonyl (C=O) groups is 1. The van der Waals surface area contributed by atoms with E-state index in [1.54, 1.807) is 6.07 Å². The molecule has 4 nitrogen and oxygen atoms in total. The molecule has 0 radical (unpaired) electrons. The van der Waals surface area contributed by atoms with Crippen LogP contribution >= 0.6 is 23.4 Å². The van der Waals surface area contributed by atoms with Gasteiger partial charge in [-0.3, -0.25) is 4.79 Å². The van der Waals surface area contributed by atoms with Crippen molar-refractivity contribution in [3.05, 3.63) is 53.1 Å². The van der Waals surface area contributed by atoms with Crippen LogP contribution in [0.3, 0.4) is 0 Å². The predicted octanol–water partition coefficient (Wildman–Crippen LogP) is 3.69. The Morgan fingerprint density at radius 3 is 2.87 bits per heavy atom. The molecule has 2 aromatic carbocycles. The van der Waals surface area contributed by atoms with Crippen LogP contribution in [0.25, 0.3) is 11.0 Å². The van der Waals surface area contributed by atoms with Crippen molar-refractivity contribution in [1.29, 1.82) is 0 Å². The molecule has 6 heteroatoms. The molecule has 0 unspecified atom stereocenters. The van der Waals surface area contributed by atoms with Gasteiger partial charge in [-0.05, 0) is 48.5 Å². The van der Waals surface area contributed by atoms with Crippen LogP contribution < -0.4 is 9.88 Å². The summed E-state index contributed by atoms with van der Waals surface area (Å²) in [6.45, 7) is 1.94. The van der Waals surface area contributed by atoms with Crippen molar-refractivity contribution in [2.24, 2.45) is 7.05 Å². The Bertz CT molecular complexity index is 875. The van der Waals surface area contributed by atoms with Crippen LogP contribution in [0.1, 0.15) is 5.56 Å². The molecule has 2 N–H and O–H groups in total. The van der Waals surface area contributed by atoms with Crippen molar-refractivity contribution in [3.8, 4) is 0 Å². The minimum Gasteiger partial charge on any atom is -0.325 e. The van der Waals surface area contributed by atoms with Crippen molar-refractivity contribution in [1.82, 2.24) is 4.98 Å². The van der Waals surface area contributed by atoms with Gasteiger partial charge in [0.25, 0.3) is 0 Å². The van der Waals surface area contributed by atoms with Crippen LogP contribution in [0, 0.1) is 6.92 Å². The van der Waals surface area contributed by atoms with Crippen LogP contribution in [-0.2, 0) is 11.8 Å². The fourth-order valence-electron chi connectivity index (χ4n) is 2.36. The smallest absolute Gasteiger partial charge is 0.317 e. The Hall–Kier alpha value is -1.98. The van der Waals surface area contributed by atoms with E-state index in [0.717, 1.165) is 27.4 Å². The zero-order chi connectivity index (χ0) is 16.4. The Kier molecular flexibility index (Phi) is 4.59. The molecule has 0 fully saturated rings. The first-order valence-corrected chi connectivity index (χ1v) is 8.56. The number of anilines is 1. The molecule has 118 valence electrons. The fraction of sp³-hybridized carbons (Fsp3) is 0.176. The average molecular weight is 347 g/mol. The lowest BCUT2D eigenvalue weighted by atomic mass is 10.2. The fourth-order valence-corrected chi connectivity index (χ4v) is 3.35. The number of thioether (sulfide) groups is 1. The highest BCUT2D eigenvalue weighted by molar-refractivity contribution is 7.99. The Labute approximate surface area is 143 Å². The summed E-state index contributed by atoms with van der Waals surface area (Å²) in [5, 5.41) is 4.47. The van der Waals surface area contributed by atoms with Crippen LogP contribution in [-0.4, -0.2) is 16.6 Å². The zero-order valence-corrected chi connectivity index (χ0v) is 14.5. The minimum atomic E-state index is -0.0565. The summed E-state index contributed by atoms with van der Waals surface area (Å²) < 4.78 is 2.05. The number of rotatable bonds is 4. The first-order valence-electron chi connectivity index (χ1n) is 7.20. The van der Waals surface area contributed by atoms with E-state index in [4.69, 9.17) is 11.6 Å². The minimum absolute atomic E-state index is 0.0565. The predicted molar refractivity (Wildman–Crippen MR) is 95.0 cm³/mol. The summed E-state index contributed by atoms with van der Waals surface area (Å²) in [6.07, 6.45) is 0. The molecule has 1 aromatic heterocycles. The number of para-hydroxylation sites is 2. The molecule has 0 aliphatic carbocycles. The Morgan fingerprint density at radius 2 is 2.09 bits per heavy atom. The number of nitrogens with one attached hydrogen (secondary N) is 2.